The Hall–Kier alpha value is -7.97. The summed E-state index contributed by atoms with van der Waals surface area (Å²) in [7, 11) is 2.06. The number of benzene rings is 8. The molecule has 0 bridgehead atoms. The molecular formula is C61H43N3+2. The van der Waals surface area contributed by atoms with Crippen molar-refractivity contribution in [3.05, 3.63) is 292 Å². The molecule has 0 amide bonds. The predicted octanol–water partition coefficient (Wildman–Crippen LogP) is 12.7. The van der Waals surface area contributed by atoms with Crippen molar-refractivity contribution in [1.29, 1.82) is 0 Å². The van der Waals surface area contributed by atoms with E-state index in [-0.39, 0.29) is 0 Å². The van der Waals surface area contributed by atoms with Crippen LogP contribution in [-0.2, 0) is 16.4 Å². The highest BCUT2D eigenvalue weighted by Gasteiger charge is 2.57. The second kappa shape index (κ2) is 13.5. The number of aromatic nitrogens is 1. The molecule has 3 nitrogen and oxygen atoms in total. The van der Waals surface area contributed by atoms with Crippen LogP contribution in [0.5, 0.6) is 0 Å². The van der Waals surface area contributed by atoms with Gasteiger partial charge in [0, 0.05) is 22.9 Å². The molecule has 1 aromatic heterocycles. The molecule has 0 fully saturated rings. The number of hydrogen-bond donors (Lipinski definition) is 0. The Kier molecular flexibility index (Phi) is 7.74. The Morgan fingerprint density at radius 1 is 0.391 bits per heavy atom. The highest BCUT2D eigenvalue weighted by molar-refractivity contribution is 5.89. The van der Waals surface area contributed by atoms with Gasteiger partial charge in [-0.3, -0.25) is 4.98 Å². The molecule has 4 aliphatic rings. The summed E-state index contributed by atoms with van der Waals surface area (Å²) in [6, 6.07) is 81.0. The van der Waals surface area contributed by atoms with Gasteiger partial charge in [0.2, 0.25) is 12.4 Å². The van der Waals surface area contributed by atoms with Crippen molar-refractivity contribution in [2.75, 3.05) is 7.05 Å². The van der Waals surface area contributed by atoms with Crippen molar-refractivity contribution in [2.24, 2.45) is 0 Å². The number of nitrogens with zero attached hydrogens (tertiary/aromatic N) is 3. The van der Waals surface area contributed by atoms with Gasteiger partial charge in [-0.1, -0.05) is 197 Å². The molecular weight excluding hydrogens is 775 g/mol. The summed E-state index contributed by atoms with van der Waals surface area (Å²) < 4.78 is 4.33. The van der Waals surface area contributed by atoms with E-state index in [9.17, 15) is 0 Å². The average Bonchev–Trinajstić information content (AvgIpc) is 4.09. The van der Waals surface area contributed by atoms with Crippen LogP contribution in [0.25, 0.3) is 33.4 Å². The SMILES string of the molecule is Cc1ccnc(C2(c3cccc(C4(c5cccc(C6([N+]7=C=[N+](C)C=C7)c7ccccc7-c7ccccc76)c5)c5ccccc5-c5ccccc54)c3)c3ccccc3-c3ccccc32)c1. The average molecular weight is 818 g/mol. The van der Waals surface area contributed by atoms with Crippen LogP contribution in [0.1, 0.15) is 66.9 Å². The zero-order chi connectivity index (χ0) is 42.6. The maximum atomic E-state index is 5.27. The van der Waals surface area contributed by atoms with Crippen LogP contribution in [0.4, 0.5) is 0 Å². The molecule has 0 spiro atoms. The number of aryl methyl sites for hydroxylation is 1. The smallest absolute Gasteiger partial charge is 0.260 e. The zero-order valence-corrected chi connectivity index (χ0v) is 35.7. The maximum absolute atomic E-state index is 5.27. The van der Waals surface area contributed by atoms with Gasteiger partial charge in [-0.2, -0.15) is 0 Å². The minimum atomic E-state index is -0.679. The van der Waals surface area contributed by atoms with Crippen LogP contribution >= 0.6 is 0 Å². The molecule has 0 saturated carbocycles. The van der Waals surface area contributed by atoms with E-state index in [2.05, 4.69) is 243 Å². The zero-order valence-electron chi connectivity index (χ0n) is 35.7. The van der Waals surface area contributed by atoms with E-state index < -0.39 is 16.4 Å². The van der Waals surface area contributed by atoms with E-state index in [1.807, 2.05) is 10.8 Å². The molecule has 13 rings (SSSR count). The van der Waals surface area contributed by atoms with Crippen molar-refractivity contribution >= 4 is 6.01 Å². The molecule has 300 valence electrons. The number of rotatable bonds is 6. The summed E-state index contributed by atoms with van der Waals surface area (Å²) >= 11 is 0. The van der Waals surface area contributed by atoms with Gasteiger partial charge in [0.25, 0.3) is 5.54 Å². The Morgan fingerprint density at radius 2 is 0.781 bits per heavy atom. The third kappa shape index (κ3) is 4.64. The number of fused-ring (bicyclic) bond motifs is 9. The minimum Gasteiger partial charge on any atom is -0.260 e. The summed E-state index contributed by atoms with van der Waals surface area (Å²) in [5, 5.41) is 0. The molecule has 1 aliphatic heterocycles. The van der Waals surface area contributed by atoms with Crippen molar-refractivity contribution in [2.45, 2.75) is 23.3 Å². The maximum Gasteiger partial charge on any atom is 0.490 e. The van der Waals surface area contributed by atoms with Gasteiger partial charge in [0.1, 0.15) is 0 Å². The lowest BCUT2D eigenvalue weighted by molar-refractivity contribution is -0.533. The van der Waals surface area contributed by atoms with E-state index in [1.165, 1.54) is 94.6 Å². The third-order valence-corrected chi connectivity index (χ3v) is 14.6. The second-order valence-electron chi connectivity index (χ2n) is 17.7. The molecule has 0 radical (unpaired) electrons. The lowest BCUT2D eigenvalue weighted by Crippen LogP contribution is -2.38. The van der Waals surface area contributed by atoms with Crippen molar-refractivity contribution in [1.82, 2.24) is 4.98 Å². The van der Waals surface area contributed by atoms with Gasteiger partial charge in [-0.05, 0) is 103 Å². The molecule has 0 saturated heterocycles. The molecule has 2 heterocycles. The normalized spacial score (nSPS) is 15.9. The van der Waals surface area contributed by atoms with Crippen LogP contribution in [0.3, 0.4) is 0 Å². The quantitative estimate of drug-likeness (QED) is 0.153. The lowest BCUT2D eigenvalue weighted by atomic mass is 9.64. The molecule has 3 aliphatic carbocycles. The topological polar surface area (TPSA) is 18.9 Å². The highest BCUT2D eigenvalue weighted by Crippen LogP contribution is 2.60. The van der Waals surface area contributed by atoms with Gasteiger partial charge in [-0.25, -0.2) is 0 Å². The van der Waals surface area contributed by atoms with Gasteiger partial charge in [0.05, 0.1) is 16.5 Å². The van der Waals surface area contributed by atoms with Crippen LogP contribution in [0.15, 0.2) is 225 Å². The van der Waals surface area contributed by atoms with Crippen molar-refractivity contribution < 1.29 is 9.15 Å². The predicted molar refractivity (Wildman–Crippen MR) is 256 cm³/mol. The van der Waals surface area contributed by atoms with Crippen LogP contribution in [-0.4, -0.2) is 27.2 Å². The van der Waals surface area contributed by atoms with Crippen LogP contribution < -0.4 is 0 Å². The summed E-state index contributed by atoms with van der Waals surface area (Å²) in [6.07, 6.45) is 6.26. The lowest BCUT2D eigenvalue weighted by Gasteiger charge is -2.37. The molecule has 0 unspecified atom stereocenters. The molecule has 8 aromatic carbocycles. The summed E-state index contributed by atoms with van der Waals surface area (Å²) in [6.45, 7) is 2.18. The fraction of sp³-hybridized carbons (Fsp3) is 0.0820. The Labute approximate surface area is 374 Å². The van der Waals surface area contributed by atoms with E-state index in [0.29, 0.717) is 0 Å². The van der Waals surface area contributed by atoms with Crippen LogP contribution in [0, 0.1) is 6.92 Å². The summed E-state index contributed by atoms with van der Waals surface area (Å²) in [5.41, 5.74) is 20.1. The first-order valence-corrected chi connectivity index (χ1v) is 22.3. The first-order chi connectivity index (χ1) is 31.5. The second-order valence-corrected chi connectivity index (χ2v) is 17.7. The summed E-state index contributed by atoms with van der Waals surface area (Å²) in [4.78, 5) is 5.27. The summed E-state index contributed by atoms with van der Waals surface area (Å²) in [5.74, 6) is 0. The standard InChI is InChI=1S/C61H43N3/c1-41-33-34-62-58(37-41)60(54-29-11-5-23-48(54)49-24-6-12-30-55(49)60)44-19-15-17-42(38-44)59(52-27-9-3-21-46(52)47-22-4-10-28-53(47)59)43-18-16-20-45(39-43)61(64-36-35-63(2)40-64)56-31-13-7-25-50(56)51-26-8-14-32-57(51)61/h3-39H,1-2H3/q+2. The largest absolute Gasteiger partial charge is 0.490 e. The molecule has 3 heteroatoms. The minimum absolute atomic E-state index is 0.656. The third-order valence-electron chi connectivity index (χ3n) is 14.6. The number of hydrogen-bond acceptors (Lipinski definition) is 1. The van der Waals surface area contributed by atoms with Crippen molar-refractivity contribution in [3.8, 4) is 33.4 Å². The van der Waals surface area contributed by atoms with Gasteiger partial charge in [-0.15, -0.1) is 0 Å². The number of pyridine rings is 1. The van der Waals surface area contributed by atoms with Gasteiger partial charge >= 0.3 is 6.01 Å². The Balaban J connectivity index is 1.14. The highest BCUT2D eigenvalue weighted by atomic mass is 15.2. The van der Waals surface area contributed by atoms with E-state index >= 15 is 0 Å². The van der Waals surface area contributed by atoms with Gasteiger partial charge < -0.3 is 0 Å². The molecule has 64 heavy (non-hydrogen) atoms. The van der Waals surface area contributed by atoms with E-state index in [4.69, 9.17) is 4.98 Å². The van der Waals surface area contributed by atoms with Crippen LogP contribution in [0.2, 0.25) is 0 Å². The Bertz CT molecular complexity index is 3410. The van der Waals surface area contributed by atoms with Crippen molar-refractivity contribution in [3.63, 3.8) is 0 Å². The first-order valence-electron chi connectivity index (χ1n) is 22.3. The fourth-order valence-electron chi connectivity index (χ4n) is 12.2. The van der Waals surface area contributed by atoms with Gasteiger partial charge in [0.15, 0.2) is 7.05 Å². The Morgan fingerprint density at radius 3 is 1.23 bits per heavy atom. The molecule has 9 aromatic rings. The monoisotopic (exact) mass is 817 g/mol. The molecule has 0 atom stereocenters. The van der Waals surface area contributed by atoms with E-state index in [1.54, 1.807) is 0 Å². The van der Waals surface area contributed by atoms with E-state index in [0.717, 1.165) is 5.69 Å². The first kappa shape index (κ1) is 36.7. The molecule has 0 N–H and O–H groups in total. The fourth-order valence-corrected chi connectivity index (χ4v) is 12.2.